The highest BCUT2D eigenvalue weighted by Gasteiger charge is 2.60. The van der Waals surface area contributed by atoms with Crippen molar-refractivity contribution < 1.29 is 93.5 Å². The molecule has 0 unspecified atom stereocenters. The number of carboxylic acids is 1. The molecule has 0 radical (unpaired) electrons. The van der Waals surface area contributed by atoms with E-state index in [0.717, 1.165) is 13.8 Å². The molecule has 0 aromatic rings. The molecule has 21 heteroatoms. The zero-order valence-corrected chi connectivity index (χ0v) is 24.6. The molecule has 0 aliphatic carbocycles. The number of hydrogen-bond donors (Lipinski definition) is 12. The fraction of sp³-hybridized carbons (Fsp3) is 0.880. The van der Waals surface area contributed by atoms with Gasteiger partial charge in [0.05, 0.1) is 32.0 Å². The summed E-state index contributed by atoms with van der Waals surface area (Å²) in [6, 6.07) is -3.17. The highest BCUT2D eigenvalue weighted by atomic mass is 19.1. The first kappa shape index (κ1) is 38.2. The van der Waals surface area contributed by atoms with Gasteiger partial charge in [-0.3, -0.25) is 9.59 Å². The minimum absolute atomic E-state index is 0.751. The van der Waals surface area contributed by atoms with Crippen LogP contribution < -0.4 is 10.6 Å². The first-order chi connectivity index (χ1) is 21.5. The maximum absolute atomic E-state index is 16.2. The van der Waals surface area contributed by atoms with Gasteiger partial charge in [0.1, 0.15) is 61.0 Å². The molecule has 0 spiro atoms. The monoisotopic (exact) mass is 676 g/mol. The smallest absolute Gasteiger partial charge is 0.364 e. The van der Waals surface area contributed by atoms with Crippen molar-refractivity contribution in [3.05, 3.63) is 0 Å². The Morgan fingerprint density at radius 3 is 1.98 bits per heavy atom. The minimum Gasteiger partial charge on any atom is -0.477 e. The summed E-state index contributed by atoms with van der Waals surface area (Å²) in [5.41, 5.74) is 0. The molecule has 0 bridgehead atoms. The summed E-state index contributed by atoms with van der Waals surface area (Å²) in [7, 11) is 0. The van der Waals surface area contributed by atoms with Gasteiger partial charge in [0.15, 0.2) is 18.8 Å². The molecule has 3 fully saturated rings. The van der Waals surface area contributed by atoms with Gasteiger partial charge in [-0.15, -0.1) is 0 Å². The van der Waals surface area contributed by atoms with E-state index in [1.54, 1.807) is 0 Å². The van der Waals surface area contributed by atoms with Crippen LogP contribution in [0.15, 0.2) is 0 Å². The van der Waals surface area contributed by atoms with Crippen molar-refractivity contribution in [3.63, 3.8) is 0 Å². The van der Waals surface area contributed by atoms with E-state index in [1.807, 2.05) is 0 Å². The molecule has 3 aliphatic heterocycles. The predicted molar refractivity (Wildman–Crippen MR) is 141 cm³/mol. The Balaban J connectivity index is 1.98. The second-order valence-electron chi connectivity index (χ2n) is 11.2. The molecule has 0 aromatic heterocycles. The summed E-state index contributed by atoms with van der Waals surface area (Å²) >= 11 is 0. The number of carbonyl (C=O) groups is 3. The van der Waals surface area contributed by atoms with E-state index in [2.05, 4.69) is 10.6 Å². The molecule has 266 valence electrons. The topological polar surface area (TPSA) is 324 Å². The van der Waals surface area contributed by atoms with Gasteiger partial charge in [-0.2, -0.15) is 0 Å². The molecule has 12 N–H and O–H groups in total. The van der Waals surface area contributed by atoms with Gasteiger partial charge in [-0.05, 0) is 0 Å². The van der Waals surface area contributed by atoms with Crippen molar-refractivity contribution in [2.24, 2.45) is 0 Å². The van der Waals surface area contributed by atoms with Crippen molar-refractivity contribution in [2.45, 2.75) is 118 Å². The van der Waals surface area contributed by atoms with Crippen LogP contribution in [-0.2, 0) is 38.1 Å². The Kier molecular flexibility index (Phi) is 13.1. The SMILES string of the molecule is CC(=O)N[C@@H]1[C@@H](O[C@@H]2O[C@H](CO)[C@H](O)[C@H](O[C@]3(C(=O)O)C[C@H](O)[C@@H](NC(C)=O)[C@H]([C@H](O)[C@H](O)CO)O3)[C@H]2F)[C@H](O)[C@@H](CO)O[C@H]1O. The number of alkyl halides is 1. The third kappa shape index (κ3) is 8.07. The van der Waals surface area contributed by atoms with Crippen LogP contribution in [-0.4, -0.2) is 186 Å². The van der Waals surface area contributed by atoms with Crippen LogP contribution in [0.3, 0.4) is 0 Å². The molecular formula is C25H41FN2O18. The molecule has 0 saturated carbocycles. The van der Waals surface area contributed by atoms with Crippen molar-refractivity contribution in [1.82, 2.24) is 10.6 Å². The quantitative estimate of drug-likeness (QED) is 0.0913. The summed E-state index contributed by atoms with van der Waals surface area (Å²) in [6.45, 7) is -0.925. The Hall–Kier alpha value is -2.22. The van der Waals surface area contributed by atoms with Gasteiger partial charge in [-0.1, -0.05) is 0 Å². The van der Waals surface area contributed by atoms with Crippen LogP contribution in [0.5, 0.6) is 0 Å². The minimum atomic E-state index is -3.12. The van der Waals surface area contributed by atoms with E-state index in [9.17, 15) is 65.4 Å². The fourth-order valence-corrected chi connectivity index (χ4v) is 5.53. The summed E-state index contributed by atoms with van der Waals surface area (Å²) < 4.78 is 43.0. The first-order valence-electron chi connectivity index (χ1n) is 14.2. The van der Waals surface area contributed by atoms with Gasteiger partial charge < -0.3 is 85.4 Å². The maximum atomic E-state index is 16.2. The molecule has 3 aliphatic rings. The molecular weight excluding hydrogens is 635 g/mol. The van der Waals surface area contributed by atoms with Crippen LogP contribution in [0, 0.1) is 0 Å². The third-order valence-corrected chi connectivity index (χ3v) is 7.83. The molecule has 2 amide bonds. The van der Waals surface area contributed by atoms with Crippen molar-refractivity contribution in [2.75, 3.05) is 19.8 Å². The molecule has 16 atom stereocenters. The molecule has 3 rings (SSSR count). The number of halogens is 1. The number of hydrogen-bond acceptors (Lipinski definition) is 17. The summed E-state index contributed by atoms with van der Waals surface area (Å²) in [4.78, 5) is 36.1. The van der Waals surface area contributed by atoms with Crippen molar-refractivity contribution in [1.29, 1.82) is 0 Å². The van der Waals surface area contributed by atoms with Crippen molar-refractivity contribution in [3.8, 4) is 0 Å². The Bertz CT molecular complexity index is 1060. The molecule has 3 saturated heterocycles. The highest BCUT2D eigenvalue weighted by Crippen LogP contribution is 2.39. The number of amides is 2. The van der Waals surface area contributed by atoms with E-state index in [4.69, 9.17) is 23.7 Å². The molecule has 0 aromatic carbocycles. The Morgan fingerprint density at radius 1 is 0.913 bits per heavy atom. The van der Waals surface area contributed by atoms with E-state index in [-0.39, 0.29) is 0 Å². The molecule has 3 heterocycles. The Labute approximate surface area is 260 Å². The van der Waals surface area contributed by atoms with Gasteiger partial charge in [0, 0.05) is 20.3 Å². The lowest BCUT2D eigenvalue weighted by molar-refractivity contribution is -0.373. The number of ether oxygens (including phenoxy) is 5. The Morgan fingerprint density at radius 2 is 1.46 bits per heavy atom. The number of rotatable bonds is 12. The zero-order chi connectivity index (χ0) is 34.7. The van der Waals surface area contributed by atoms with E-state index in [0.29, 0.717) is 0 Å². The number of aliphatic hydroxyl groups is 9. The number of carboxylic acid groups (broad SMARTS) is 1. The van der Waals surface area contributed by atoms with Crippen LogP contribution in [0.25, 0.3) is 0 Å². The predicted octanol–water partition coefficient (Wildman–Crippen LogP) is -7.10. The number of aliphatic hydroxyl groups excluding tert-OH is 9. The zero-order valence-electron chi connectivity index (χ0n) is 24.6. The second kappa shape index (κ2) is 15.8. The van der Waals surface area contributed by atoms with Crippen LogP contribution in [0.1, 0.15) is 20.3 Å². The second-order valence-corrected chi connectivity index (χ2v) is 11.2. The fourth-order valence-electron chi connectivity index (χ4n) is 5.53. The van der Waals surface area contributed by atoms with Crippen molar-refractivity contribution >= 4 is 17.8 Å². The number of nitrogens with one attached hydrogen (secondary N) is 2. The van der Waals surface area contributed by atoms with Crippen LogP contribution in [0.2, 0.25) is 0 Å². The highest BCUT2D eigenvalue weighted by molar-refractivity contribution is 5.76. The van der Waals surface area contributed by atoms with E-state index < -0.39 is 142 Å². The van der Waals surface area contributed by atoms with Crippen LogP contribution >= 0.6 is 0 Å². The molecule has 20 nitrogen and oxygen atoms in total. The average molecular weight is 677 g/mol. The lowest BCUT2D eigenvalue weighted by Crippen LogP contribution is -2.70. The molecule has 46 heavy (non-hydrogen) atoms. The first-order valence-corrected chi connectivity index (χ1v) is 14.2. The number of carbonyl (C=O) groups excluding carboxylic acids is 2. The van der Waals surface area contributed by atoms with E-state index >= 15 is 4.39 Å². The summed E-state index contributed by atoms with van der Waals surface area (Å²) in [5, 5.41) is 107. The van der Waals surface area contributed by atoms with Gasteiger partial charge in [-0.25, -0.2) is 9.18 Å². The maximum Gasteiger partial charge on any atom is 0.364 e. The van der Waals surface area contributed by atoms with Gasteiger partial charge in [0.25, 0.3) is 5.79 Å². The summed E-state index contributed by atoms with van der Waals surface area (Å²) in [5.74, 6) is -6.68. The third-order valence-electron chi connectivity index (χ3n) is 7.83. The average Bonchev–Trinajstić information content (AvgIpc) is 2.99. The lowest BCUT2D eigenvalue weighted by atomic mass is 9.88. The van der Waals surface area contributed by atoms with Gasteiger partial charge in [0.2, 0.25) is 11.8 Å². The lowest BCUT2D eigenvalue weighted by Gasteiger charge is -2.50. The normalized spacial score (nSPS) is 42.9. The van der Waals surface area contributed by atoms with Crippen LogP contribution in [0.4, 0.5) is 4.39 Å². The van der Waals surface area contributed by atoms with E-state index in [1.165, 1.54) is 0 Å². The number of aliphatic carboxylic acids is 1. The summed E-state index contributed by atoms with van der Waals surface area (Å²) in [6.07, 6.45) is -27.4. The standard InChI is InChI=1S/C25H41FN2O18/c1-7(32)27-14-9(34)3-25(24(40)41,46-21(14)16(36)10(35)4-29)45-19-13(26)23(43-12(6-31)17(19)37)44-20-15(28-8(2)33)22(39)42-11(5-30)18(20)38/h9-23,29-31,34-39H,3-6H2,1-2H3,(H,27,32)(H,28,33)(H,40,41)/t9-,10+,11+,12+,13+,14+,15+,16+,17-,18+,19+,20+,21+,22+,23-,25+/m0/s1. The van der Waals surface area contributed by atoms with Gasteiger partial charge >= 0.3 is 5.97 Å². The largest absolute Gasteiger partial charge is 0.477 e.